The highest BCUT2D eigenvalue weighted by molar-refractivity contribution is 8.00. The molecule has 1 aromatic carbocycles. The molecule has 152 valence electrons. The molecule has 0 N–H and O–H groups in total. The van der Waals surface area contributed by atoms with E-state index in [-0.39, 0.29) is 11.2 Å². The summed E-state index contributed by atoms with van der Waals surface area (Å²) < 4.78 is 16.4. The lowest BCUT2D eigenvalue weighted by Crippen LogP contribution is -2.46. The van der Waals surface area contributed by atoms with E-state index in [0.717, 1.165) is 25.8 Å². The Hall–Kier alpha value is -2.22. The third-order valence-corrected chi connectivity index (χ3v) is 5.97. The van der Waals surface area contributed by atoms with E-state index in [9.17, 15) is 4.79 Å². The zero-order valence-corrected chi connectivity index (χ0v) is 17.6. The molecule has 0 saturated carbocycles. The highest BCUT2D eigenvalue weighted by atomic mass is 32.2. The Balaban J connectivity index is 1.71. The normalized spacial score (nSPS) is 18.0. The second-order valence-electron chi connectivity index (χ2n) is 6.79. The van der Waals surface area contributed by atoms with Gasteiger partial charge >= 0.3 is 0 Å². The van der Waals surface area contributed by atoms with Crippen molar-refractivity contribution in [2.45, 2.75) is 56.0 Å². The van der Waals surface area contributed by atoms with Gasteiger partial charge in [-0.1, -0.05) is 18.7 Å². The summed E-state index contributed by atoms with van der Waals surface area (Å²) >= 11 is 1.30. The smallest absolute Gasteiger partial charge is 0.277 e. The number of likely N-dealkylation sites (tertiary alicyclic amines) is 1. The third-order valence-electron chi connectivity index (χ3n) is 5.05. The van der Waals surface area contributed by atoms with Gasteiger partial charge in [0.25, 0.3) is 11.1 Å². The zero-order chi connectivity index (χ0) is 20.1. The number of carbonyl (C=O) groups is 1. The number of ether oxygens (including phenoxy) is 2. The lowest BCUT2D eigenvalue weighted by Gasteiger charge is -2.36. The van der Waals surface area contributed by atoms with Crippen LogP contribution in [0.5, 0.6) is 11.5 Å². The van der Waals surface area contributed by atoms with Gasteiger partial charge in [-0.3, -0.25) is 4.79 Å². The minimum Gasteiger partial charge on any atom is -0.497 e. The molecule has 1 fully saturated rings. The van der Waals surface area contributed by atoms with E-state index in [1.807, 2.05) is 24.0 Å². The highest BCUT2D eigenvalue weighted by Gasteiger charge is 2.30. The first-order valence-electron chi connectivity index (χ1n) is 9.60. The molecule has 0 unspecified atom stereocenters. The number of rotatable bonds is 7. The predicted molar refractivity (Wildman–Crippen MR) is 108 cm³/mol. The topological polar surface area (TPSA) is 77.7 Å². The minimum absolute atomic E-state index is 0.137. The van der Waals surface area contributed by atoms with Crippen LogP contribution in [0, 0.1) is 0 Å². The first-order chi connectivity index (χ1) is 13.6. The Bertz CT molecular complexity index is 810. The summed E-state index contributed by atoms with van der Waals surface area (Å²) in [5, 5.41) is 8.32. The maximum Gasteiger partial charge on any atom is 0.277 e. The molecule has 2 atom stereocenters. The fraction of sp³-hybridized carbons (Fsp3) is 0.550. The number of aromatic nitrogens is 2. The van der Waals surface area contributed by atoms with Crippen molar-refractivity contribution in [1.29, 1.82) is 0 Å². The van der Waals surface area contributed by atoms with Crippen LogP contribution in [0.2, 0.25) is 0 Å². The van der Waals surface area contributed by atoms with Crippen molar-refractivity contribution in [2.24, 2.45) is 0 Å². The Morgan fingerprint density at radius 1 is 1.32 bits per heavy atom. The number of nitrogens with zero attached hydrogens (tertiary/aromatic N) is 3. The lowest BCUT2D eigenvalue weighted by atomic mass is 10.00. The van der Waals surface area contributed by atoms with Gasteiger partial charge in [0.05, 0.1) is 25.0 Å². The van der Waals surface area contributed by atoms with Gasteiger partial charge in [0.1, 0.15) is 11.5 Å². The van der Waals surface area contributed by atoms with Gasteiger partial charge in [-0.05, 0) is 44.7 Å². The Morgan fingerprint density at radius 2 is 2.14 bits per heavy atom. The van der Waals surface area contributed by atoms with Gasteiger partial charge in [-0.15, -0.1) is 10.2 Å². The number of carbonyl (C=O) groups excluding carboxylic acids is 1. The largest absolute Gasteiger partial charge is 0.497 e. The van der Waals surface area contributed by atoms with Gasteiger partial charge in [0.2, 0.25) is 5.91 Å². The van der Waals surface area contributed by atoms with E-state index in [1.165, 1.54) is 18.2 Å². The van der Waals surface area contributed by atoms with E-state index in [1.54, 1.807) is 20.3 Å². The molecule has 1 aromatic heterocycles. The van der Waals surface area contributed by atoms with E-state index in [0.29, 0.717) is 34.2 Å². The van der Waals surface area contributed by atoms with Crippen LogP contribution < -0.4 is 9.47 Å². The first-order valence-corrected chi connectivity index (χ1v) is 10.5. The summed E-state index contributed by atoms with van der Waals surface area (Å²) in [6, 6.07) is 5.72. The predicted octanol–water partition coefficient (Wildman–Crippen LogP) is 4.03. The SMILES string of the molecule is CC[C@H]1CCCCN1C(=O)[C@@H](C)Sc1nnc(-c2ccc(OC)cc2OC)o1. The van der Waals surface area contributed by atoms with Crippen molar-refractivity contribution >= 4 is 17.7 Å². The Labute approximate surface area is 169 Å². The molecule has 3 rings (SSSR count). The zero-order valence-electron chi connectivity index (χ0n) is 16.8. The van der Waals surface area contributed by atoms with Crippen LogP contribution in [0.1, 0.15) is 39.5 Å². The van der Waals surface area contributed by atoms with Crippen LogP contribution in [-0.4, -0.2) is 53.1 Å². The van der Waals surface area contributed by atoms with Gasteiger partial charge in [0, 0.05) is 18.7 Å². The van der Waals surface area contributed by atoms with Gasteiger partial charge in [-0.25, -0.2) is 0 Å². The molecule has 1 aliphatic rings. The fourth-order valence-electron chi connectivity index (χ4n) is 3.49. The van der Waals surface area contributed by atoms with Gasteiger partial charge in [0.15, 0.2) is 0 Å². The number of hydrogen-bond donors (Lipinski definition) is 0. The standard InChI is InChI=1S/C20H27N3O4S/c1-5-14-8-6-7-11-23(14)19(24)13(2)28-20-22-21-18(27-20)16-10-9-15(25-3)12-17(16)26-4/h9-10,12-14H,5-8,11H2,1-4H3/t13-,14+/m1/s1. The Morgan fingerprint density at radius 3 is 2.86 bits per heavy atom. The van der Waals surface area contributed by atoms with Crippen molar-refractivity contribution in [3.63, 3.8) is 0 Å². The first kappa shape index (κ1) is 20.5. The number of amides is 1. The number of thioether (sulfide) groups is 1. The molecule has 0 bridgehead atoms. The van der Waals surface area contributed by atoms with Crippen molar-refractivity contribution in [2.75, 3.05) is 20.8 Å². The molecule has 1 amide bonds. The van der Waals surface area contributed by atoms with Crippen molar-refractivity contribution in [1.82, 2.24) is 15.1 Å². The van der Waals surface area contributed by atoms with E-state index >= 15 is 0 Å². The van der Waals surface area contributed by atoms with E-state index in [2.05, 4.69) is 17.1 Å². The average Bonchev–Trinajstić information content (AvgIpc) is 3.20. The van der Waals surface area contributed by atoms with E-state index < -0.39 is 0 Å². The molecular formula is C20H27N3O4S. The summed E-state index contributed by atoms with van der Waals surface area (Å²) in [5.74, 6) is 1.76. The van der Waals surface area contributed by atoms with Crippen molar-refractivity contribution < 1.29 is 18.7 Å². The van der Waals surface area contributed by atoms with Crippen LogP contribution in [0.25, 0.3) is 11.5 Å². The van der Waals surface area contributed by atoms with Crippen LogP contribution in [0.15, 0.2) is 27.8 Å². The lowest BCUT2D eigenvalue weighted by molar-refractivity contribution is -0.134. The average molecular weight is 406 g/mol. The maximum atomic E-state index is 12.9. The molecule has 7 nitrogen and oxygen atoms in total. The van der Waals surface area contributed by atoms with Crippen LogP contribution in [-0.2, 0) is 4.79 Å². The quantitative estimate of drug-likeness (QED) is 0.644. The molecular weight excluding hydrogens is 378 g/mol. The monoisotopic (exact) mass is 405 g/mol. The number of piperidine rings is 1. The summed E-state index contributed by atoms with van der Waals surface area (Å²) in [7, 11) is 3.17. The maximum absolute atomic E-state index is 12.9. The molecule has 0 aliphatic carbocycles. The van der Waals surface area contributed by atoms with Crippen molar-refractivity contribution in [3.8, 4) is 23.0 Å². The number of benzene rings is 1. The van der Waals surface area contributed by atoms with E-state index in [4.69, 9.17) is 13.9 Å². The summed E-state index contributed by atoms with van der Waals surface area (Å²) in [6.45, 7) is 4.87. The second kappa shape index (κ2) is 9.32. The molecule has 1 aliphatic heterocycles. The van der Waals surface area contributed by atoms with Crippen LogP contribution in [0.3, 0.4) is 0 Å². The molecule has 28 heavy (non-hydrogen) atoms. The summed E-state index contributed by atoms with van der Waals surface area (Å²) in [6.07, 6.45) is 4.34. The molecule has 1 saturated heterocycles. The van der Waals surface area contributed by atoms with Gasteiger partial charge in [-0.2, -0.15) is 0 Å². The number of hydrogen-bond acceptors (Lipinski definition) is 7. The van der Waals surface area contributed by atoms with Gasteiger partial charge < -0.3 is 18.8 Å². The van der Waals surface area contributed by atoms with Crippen LogP contribution >= 0.6 is 11.8 Å². The molecule has 8 heteroatoms. The molecule has 2 heterocycles. The molecule has 0 radical (unpaired) electrons. The Kier molecular flexibility index (Phi) is 6.83. The second-order valence-corrected chi connectivity index (χ2v) is 8.08. The minimum atomic E-state index is -0.279. The highest BCUT2D eigenvalue weighted by Crippen LogP contribution is 2.34. The number of methoxy groups -OCH3 is 2. The van der Waals surface area contributed by atoms with Crippen molar-refractivity contribution in [3.05, 3.63) is 18.2 Å². The summed E-state index contributed by atoms with van der Waals surface area (Å²) in [4.78, 5) is 14.9. The fourth-order valence-corrected chi connectivity index (χ4v) is 4.25. The molecule has 2 aromatic rings. The molecule has 0 spiro atoms. The third kappa shape index (κ3) is 4.43. The summed E-state index contributed by atoms with van der Waals surface area (Å²) in [5.41, 5.74) is 0.684. The van der Waals surface area contributed by atoms with Crippen LogP contribution in [0.4, 0.5) is 0 Å².